The van der Waals surface area contributed by atoms with Crippen LogP contribution in [0.5, 0.6) is 23.0 Å². The Labute approximate surface area is 308 Å². The molecule has 0 aliphatic heterocycles. The molecule has 0 aliphatic rings. The number of carbonyl (C=O) groups is 6. The van der Waals surface area contributed by atoms with Gasteiger partial charge in [0.15, 0.2) is 0 Å². The number of esters is 4. The summed E-state index contributed by atoms with van der Waals surface area (Å²) in [4.78, 5) is 74.3. The molecular formula is C37H35N3O14. The van der Waals surface area contributed by atoms with Crippen molar-refractivity contribution in [3.05, 3.63) is 119 Å². The number of nitrogens with zero attached hydrogens (tertiary/aromatic N) is 3. The van der Waals surface area contributed by atoms with Crippen LogP contribution in [0.2, 0.25) is 0 Å². The smallest absolute Gasteiger partial charge is 0.463 e. The molecule has 3 rings (SSSR count). The molecule has 0 fully saturated rings. The fraction of sp³-hybridized carbons (Fsp3) is 0.243. The van der Waals surface area contributed by atoms with E-state index in [1.807, 2.05) is 0 Å². The average molecular weight is 746 g/mol. The van der Waals surface area contributed by atoms with Crippen molar-refractivity contribution in [1.29, 1.82) is 0 Å². The molecule has 0 bridgehead atoms. The molecule has 54 heavy (non-hydrogen) atoms. The highest BCUT2D eigenvalue weighted by Gasteiger charge is 2.16. The van der Waals surface area contributed by atoms with Crippen LogP contribution in [0.4, 0.5) is 9.59 Å². The molecule has 0 amide bonds. The van der Waals surface area contributed by atoms with Crippen LogP contribution >= 0.6 is 0 Å². The number of unbranched alkanes of at least 4 members (excludes halogenated alkanes) is 2. The normalized spacial score (nSPS) is 10.0. The van der Waals surface area contributed by atoms with Crippen LogP contribution in [0.15, 0.2) is 97.2 Å². The van der Waals surface area contributed by atoms with Crippen molar-refractivity contribution < 1.29 is 66.7 Å². The van der Waals surface area contributed by atoms with Crippen molar-refractivity contribution in [2.24, 2.45) is 5.11 Å². The highest BCUT2D eigenvalue weighted by molar-refractivity contribution is 5.92. The van der Waals surface area contributed by atoms with E-state index in [4.69, 9.17) is 43.4 Å². The summed E-state index contributed by atoms with van der Waals surface area (Å²) in [6.07, 6.45) is 2.00. The summed E-state index contributed by atoms with van der Waals surface area (Å²) in [5, 5.41) is 3.51. The maximum absolute atomic E-state index is 12.9. The van der Waals surface area contributed by atoms with Gasteiger partial charge in [-0.25, -0.2) is 28.8 Å². The molecule has 0 radical (unpaired) electrons. The third-order valence-electron chi connectivity index (χ3n) is 6.67. The van der Waals surface area contributed by atoms with Gasteiger partial charge in [0, 0.05) is 22.6 Å². The summed E-state index contributed by atoms with van der Waals surface area (Å²) in [5.74, 6) is -2.34. The molecule has 0 aromatic heterocycles. The molecule has 0 N–H and O–H groups in total. The van der Waals surface area contributed by atoms with E-state index in [9.17, 15) is 28.8 Å². The van der Waals surface area contributed by atoms with Crippen molar-refractivity contribution in [3.8, 4) is 23.0 Å². The molecular weight excluding hydrogens is 710 g/mol. The van der Waals surface area contributed by atoms with Crippen molar-refractivity contribution in [3.63, 3.8) is 0 Å². The van der Waals surface area contributed by atoms with Crippen molar-refractivity contribution in [2.75, 3.05) is 26.4 Å². The summed E-state index contributed by atoms with van der Waals surface area (Å²) < 4.78 is 40.7. The minimum absolute atomic E-state index is 0.0277. The summed E-state index contributed by atoms with van der Waals surface area (Å²) in [7, 11) is 0. The molecule has 17 nitrogen and oxygen atoms in total. The molecule has 0 unspecified atom stereocenters. The van der Waals surface area contributed by atoms with Crippen LogP contribution in [0, 0.1) is 0 Å². The number of benzene rings is 3. The van der Waals surface area contributed by atoms with Crippen molar-refractivity contribution >= 4 is 36.2 Å². The molecule has 17 heteroatoms. The molecule has 282 valence electrons. The standard InChI is InChI=1S/C37H35N3O14/c1-3-32(41)47-19-5-7-21-49-36(45)52-28-13-9-25(10-14-28)34(43)51-30-17-18-31(27(23-30)24-39-40-38)54-35(44)26-11-15-29(16-12-26)53-37(46)50-22-8-6-20-48-33(42)4-2/h3-4,9-18,23H,1-2,5-8,19-22,24H2. The Morgan fingerprint density at radius 2 is 1.00 bits per heavy atom. The number of ether oxygens (including phenoxy) is 8. The van der Waals surface area contributed by atoms with E-state index < -0.39 is 36.2 Å². The van der Waals surface area contributed by atoms with Gasteiger partial charge < -0.3 is 37.9 Å². The second-order valence-electron chi connectivity index (χ2n) is 10.5. The number of hydrogen-bond donors (Lipinski definition) is 0. The van der Waals surface area contributed by atoms with Crippen LogP contribution in [0.1, 0.15) is 52.0 Å². The zero-order valence-corrected chi connectivity index (χ0v) is 28.8. The van der Waals surface area contributed by atoms with Gasteiger partial charge in [0.1, 0.15) is 23.0 Å². The molecule has 0 spiro atoms. The number of azide groups is 1. The van der Waals surface area contributed by atoms with E-state index in [2.05, 4.69) is 23.2 Å². The Morgan fingerprint density at radius 3 is 1.44 bits per heavy atom. The van der Waals surface area contributed by atoms with Crippen molar-refractivity contribution in [1.82, 2.24) is 0 Å². The number of rotatable bonds is 20. The predicted molar refractivity (Wildman–Crippen MR) is 187 cm³/mol. The SMILES string of the molecule is C=CC(=O)OCCCCOC(=O)Oc1ccc(C(=O)Oc2ccc(OC(=O)c3ccc(OC(=O)OCCCCOC(=O)C=C)cc3)c(CN=[N+]=[N-])c2)cc1. The summed E-state index contributed by atoms with van der Waals surface area (Å²) in [6, 6.07) is 15.0. The van der Waals surface area contributed by atoms with E-state index in [1.54, 1.807) is 0 Å². The molecule has 3 aromatic carbocycles. The van der Waals surface area contributed by atoms with Crippen LogP contribution < -0.4 is 18.9 Å². The molecule has 0 atom stereocenters. The van der Waals surface area contributed by atoms with Crippen molar-refractivity contribution in [2.45, 2.75) is 32.2 Å². The van der Waals surface area contributed by atoms with Gasteiger partial charge in [-0.3, -0.25) is 0 Å². The molecule has 3 aromatic rings. The minimum Gasteiger partial charge on any atom is -0.463 e. The Bertz CT molecular complexity index is 1850. The predicted octanol–water partition coefficient (Wildman–Crippen LogP) is 6.98. The maximum Gasteiger partial charge on any atom is 0.513 e. The van der Waals surface area contributed by atoms with E-state index >= 15 is 0 Å². The lowest BCUT2D eigenvalue weighted by atomic mass is 10.1. The van der Waals surface area contributed by atoms with Gasteiger partial charge in [0.05, 0.1) is 44.1 Å². The first-order valence-electron chi connectivity index (χ1n) is 16.2. The van der Waals surface area contributed by atoms with Gasteiger partial charge in [-0.1, -0.05) is 18.3 Å². The summed E-state index contributed by atoms with van der Waals surface area (Å²) in [6.45, 7) is 6.73. The Morgan fingerprint density at radius 1 is 0.574 bits per heavy atom. The molecule has 0 saturated heterocycles. The lowest BCUT2D eigenvalue weighted by Gasteiger charge is -2.12. The highest BCUT2D eigenvalue weighted by Crippen LogP contribution is 2.27. The van der Waals surface area contributed by atoms with Gasteiger partial charge in [0.2, 0.25) is 0 Å². The van der Waals surface area contributed by atoms with Crippen LogP contribution in [-0.2, 0) is 35.1 Å². The first kappa shape index (κ1) is 41.3. The van der Waals surface area contributed by atoms with E-state index in [0.717, 1.165) is 12.2 Å². The topological polar surface area (TPSA) is 225 Å². The van der Waals surface area contributed by atoms with Gasteiger partial charge in [0.25, 0.3) is 0 Å². The maximum atomic E-state index is 12.9. The minimum atomic E-state index is -0.962. The van der Waals surface area contributed by atoms with Gasteiger partial charge in [-0.05, 0) is 97.9 Å². The first-order valence-corrected chi connectivity index (χ1v) is 16.2. The summed E-state index contributed by atoms with van der Waals surface area (Å²) in [5.41, 5.74) is 9.30. The monoisotopic (exact) mass is 745 g/mol. The summed E-state index contributed by atoms with van der Waals surface area (Å²) >= 11 is 0. The van der Waals surface area contributed by atoms with Gasteiger partial charge in [-0.2, -0.15) is 0 Å². The van der Waals surface area contributed by atoms with E-state index in [-0.39, 0.29) is 72.7 Å². The average Bonchev–Trinajstić information content (AvgIpc) is 3.17. The van der Waals surface area contributed by atoms with Gasteiger partial charge in [-0.15, -0.1) is 0 Å². The molecule has 0 heterocycles. The van der Waals surface area contributed by atoms with E-state index in [1.165, 1.54) is 66.7 Å². The number of hydrogen-bond acceptors (Lipinski definition) is 15. The van der Waals surface area contributed by atoms with Crippen LogP contribution in [0.25, 0.3) is 10.4 Å². The Balaban J connectivity index is 1.49. The third kappa shape index (κ3) is 15.0. The fourth-order valence-corrected chi connectivity index (χ4v) is 4.03. The second kappa shape index (κ2) is 22.6. The quantitative estimate of drug-likeness (QED) is 0.0131. The lowest BCUT2D eigenvalue weighted by Crippen LogP contribution is -2.13. The zero-order chi connectivity index (χ0) is 39.1. The molecule has 0 saturated carbocycles. The Hall–Kier alpha value is -7.13. The lowest BCUT2D eigenvalue weighted by molar-refractivity contribution is -0.138. The number of carbonyl (C=O) groups excluding carboxylic acids is 6. The fourth-order valence-electron chi connectivity index (χ4n) is 4.03. The largest absolute Gasteiger partial charge is 0.513 e. The molecule has 0 aliphatic carbocycles. The Kier molecular flexibility index (Phi) is 17.3. The highest BCUT2D eigenvalue weighted by atomic mass is 16.7. The zero-order valence-electron chi connectivity index (χ0n) is 28.8. The van der Waals surface area contributed by atoms with Crippen LogP contribution in [-0.4, -0.2) is 62.6 Å². The van der Waals surface area contributed by atoms with Crippen LogP contribution in [0.3, 0.4) is 0 Å². The van der Waals surface area contributed by atoms with Gasteiger partial charge >= 0.3 is 36.2 Å². The first-order chi connectivity index (χ1) is 26.1. The third-order valence-corrected chi connectivity index (χ3v) is 6.67. The second-order valence-corrected chi connectivity index (χ2v) is 10.5. The van der Waals surface area contributed by atoms with E-state index in [0.29, 0.717) is 25.7 Å².